The highest BCUT2D eigenvalue weighted by Gasteiger charge is 2.08. The lowest BCUT2D eigenvalue weighted by Crippen LogP contribution is -2.18. The van der Waals surface area contributed by atoms with E-state index in [1.807, 2.05) is 13.8 Å². The summed E-state index contributed by atoms with van der Waals surface area (Å²) in [5.74, 6) is -0.464. The van der Waals surface area contributed by atoms with Gasteiger partial charge in [-0.1, -0.05) is 13.8 Å². The van der Waals surface area contributed by atoms with Gasteiger partial charge in [0.05, 0.1) is 0 Å². The molecule has 0 saturated carbocycles. The minimum Gasteiger partial charge on any atom is -0.506 e. The smallest absolute Gasteiger partial charge is 0.175 e. The van der Waals surface area contributed by atoms with Crippen LogP contribution in [0.4, 0.5) is 0 Å². The zero-order valence-corrected chi connectivity index (χ0v) is 12.3. The lowest BCUT2D eigenvalue weighted by molar-refractivity contribution is 0.470. The molecular formula is C14H18N6O2. The number of aromatic nitrogens is 2. The number of pyridine rings is 2. The molecule has 0 bridgehead atoms. The molecule has 0 atom stereocenters. The summed E-state index contributed by atoms with van der Waals surface area (Å²) in [5, 5.41) is 26.4. The minimum atomic E-state index is -0.122. The standard InChI is InChI=1S/C12H12N6O2.C2H6/c13-11(9-7(19)3-1-5-15-9)17-18-12(14)10-8(20)4-2-6-16-10;1-2/h1-6,19-20H,(H2,13,17)(H2,14,18);1-2H3. The average molecular weight is 302 g/mol. The summed E-state index contributed by atoms with van der Waals surface area (Å²) in [7, 11) is 0. The Kier molecular flexibility index (Phi) is 6.30. The lowest BCUT2D eigenvalue weighted by atomic mass is 10.3. The van der Waals surface area contributed by atoms with Gasteiger partial charge in [0.1, 0.15) is 22.9 Å². The normalized spacial score (nSPS) is 11.5. The van der Waals surface area contributed by atoms with E-state index in [1.54, 1.807) is 12.1 Å². The van der Waals surface area contributed by atoms with Crippen LogP contribution >= 0.6 is 0 Å². The maximum Gasteiger partial charge on any atom is 0.175 e. The molecule has 0 saturated heterocycles. The molecule has 0 aromatic carbocycles. The first-order valence-corrected chi connectivity index (χ1v) is 6.55. The average Bonchev–Trinajstić information content (AvgIpc) is 2.55. The summed E-state index contributed by atoms with van der Waals surface area (Å²) in [6.07, 6.45) is 2.91. The quantitative estimate of drug-likeness (QED) is 0.377. The van der Waals surface area contributed by atoms with Crippen LogP contribution in [-0.2, 0) is 0 Å². The summed E-state index contributed by atoms with van der Waals surface area (Å²) < 4.78 is 0. The first-order chi connectivity index (χ1) is 10.6. The molecule has 0 aliphatic rings. The van der Waals surface area contributed by atoms with Crippen molar-refractivity contribution in [1.29, 1.82) is 0 Å². The molecule has 2 heterocycles. The molecule has 2 rings (SSSR count). The molecule has 0 spiro atoms. The van der Waals surface area contributed by atoms with Crippen molar-refractivity contribution in [3.8, 4) is 11.5 Å². The Hall–Kier alpha value is -3.16. The van der Waals surface area contributed by atoms with Crippen molar-refractivity contribution < 1.29 is 10.2 Å². The Bertz CT molecular complexity index is 625. The lowest BCUT2D eigenvalue weighted by Gasteiger charge is -2.02. The number of hydrogen-bond acceptors (Lipinski definition) is 6. The molecule has 2 aromatic rings. The van der Waals surface area contributed by atoms with Crippen LogP contribution in [0.25, 0.3) is 0 Å². The third kappa shape index (κ3) is 4.17. The largest absolute Gasteiger partial charge is 0.506 e. The van der Waals surface area contributed by atoms with E-state index in [0.29, 0.717) is 0 Å². The minimum absolute atomic E-state index is 0.0919. The second kappa shape index (κ2) is 8.20. The van der Waals surface area contributed by atoms with Crippen LogP contribution in [0.15, 0.2) is 46.9 Å². The highest BCUT2D eigenvalue weighted by molar-refractivity contribution is 6.00. The van der Waals surface area contributed by atoms with Crippen LogP contribution in [0.1, 0.15) is 25.2 Å². The summed E-state index contributed by atoms with van der Waals surface area (Å²) in [5.41, 5.74) is 11.5. The molecular weight excluding hydrogens is 284 g/mol. The predicted molar refractivity (Wildman–Crippen MR) is 84.6 cm³/mol. The fourth-order valence-electron chi connectivity index (χ4n) is 1.39. The van der Waals surface area contributed by atoms with Crippen LogP contribution in [0, 0.1) is 0 Å². The molecule has 8 heteroatoms. The molecule has 0 amide bonds. The van der Waals surface area contributed by atoms with Gasteiger partial charge in [0.2, 0.25) is 0 Å². The van der Waals surface area contributed by atoms with Crippen molar-refractivity contribution >= 4 is 11.7 Å². The van der Waals surface area contributed by atoms with Crippen LogP contribution in [-0.4, -0.2) is 31.9 Å². The van der Waals surface area contributed by atoms with Gasteiger partial charge < -0.3 is 21.7 Å². The van der Waals surface area contributed by atoms with E-state index in [4.69, 9.17) is 11.5 Å². The Morgan fingerprint density at radius 3 is 1.55 bits per heavy atom. The van der Waals surface area contributed by atoms with Gasteiger partial charge in [0.15, 0.2) is 11.7 Å². The molecule has 2 aromatic heterocycles. The van der Waals surface area contributed by atoms with Gasteiger partial charge in [0.25, 0.3) is 0 Å². The Morgan fingerprint density at radius 1 is 0.864 bits per heavy atom. The van der Waals surface area contributed by atoms with E-state index < -0.39 is 0 Å². The number of hydrogen-bond donors (Lipinski definition) is 4. The third-order valence-corrected chi connectivity index (χ3v) is 2.32. The van der Waals surface area contributed by atoms with E-state index in [9.17, 15) is 10.2 Å². The molecule has 22 heavy (non-hydrogen) atoms. The number of nitrogens with two attached hydrogens (primary N) is 2. The van der Waals surface area contributed by atoms with Crippen LogP contribution in [0.3, 0.4) is 0 Å². The zero-order valence-electron chi connectivity index (χ0n) is 12.3. The van der Waals surface area contributed by atoms with Gasteiger partial charge in [-0.2, -0.15) is 0 Å². The van der Waals surface area contributed by atoms with Crippen LogP contribution in [0.2, 0.25) is 0 Å². The molecule has 8 nitrogen and oxygen atoms in total. The second-order valence-electron chi connectivity index (χ2n) is 3.71. The SMILES string of the molecule is CC.N/C(=N\N=C(/N)c1ncccc1O)c1ncccc1O. The molecule has 0 aliphatic carbocycles. The van der Waals surface area contributed by atoms with Crippen molar-refractivity contribution in [3.05, 3.63) is 48.0 Å². The monoisotopic (exact) mass is 302 g/mol. The maximum absolute atomic E-state index is 9.55. The second-order valence-corrected chi connectivity index (χ2v) is 3.71. The molecule has 0 fully saturated rings. The van der Waals surface area contributed by atoms with Gasteiger partial charge in [-0.05, 0) is 24.3 Å². The fraction of sp³-hybridized carbons (Fsp3) is 0.143. The van der Waals surface area contributed by atoms with Crippen LogP contribution in [0.5, 0.6) is 11.5 Å². The Morgan fingerprint density at radius 2 is 1.23 bits per heavy atom. The van der Waals surface area contributed by atoms with E-state index in [0.717, 1.165) is 0 Å². The van der Waals surface area contributed by atoms with Gasteiger partial charge in [-0.15, -0.1) is 10.2 Å². The molecule has 0 radical (unpaired) electrons. The van der Waals surface area contributed by atoms with Crippen LogP contribution < -0.4 is 11.5 Å². The van der Waals surface area contributed by atoms with E-state index in [-0.39, 0.29) is 34.6 Å². The highest BCUT2D eigenvalue weighted by atomic mass is 16.3. The highest BCUT2D eigenvalue weighted by Crippen LogP contribution is 2.13. The van der Waals surface area contributed by atoms with E-state index in [2.05, 4.69) is 20.2 Å². The number of aromatic hydroxyl groups is 2. The summed E-state index contributed by atoms with van der Waals surface area (Å²) in [4.78, 5) is 7.73. The number of nitrogens with zero attached hydrogens (tertiary/aromatic N) is 4. The summed E-state index contributed by atoms with van der Waals surface area (Å²) >= 11 is 0. The van der Waals surface area contributed by atoms with Crippen molar-refractivity contribution in [2.45, 2.75) is 13.8 Å². The Labute approximate surface area is 127 Å². The number of rotatable bonds is 3. The van der Waals surface area contributed by atoms with Crippen molar-refractivity contribution in [2.24, 2.45) is 21.7 Å². The van der Waals surface area contributed by atoms with Gasteiger partial charge in [-0.3, -0.25) is 0 Å². The van der Waals surface area contributed by atoms with Gasteiger partial charge in [0, 0.05) is 12.4 Å². The molecule has 6 N–H and O–H groups in total. The van der Waals surface area contributed by atoms with E-state index >= 15 is 0 Å². The predicted octanol–water partition coefficient (Wildman–Crippen LogP) is 0.940. The van der Waals surface area contributed by atoms with Gasteiger partial charge >= 0.3 is 0 Å². The third-order valence-electron chi connectivity index (χ3n) is 2.32. The molecule has 0 aliphatic heterocycles. The summed E-state index contributed by atoms with van der Waals surface area (Å²) in [6, 6.07) is 5.94. The van der Waals surface area contributed by atoms with E-state index in [1.165, 1.54) is 24.5 Å². The van der Waals surface area contributed by atoms with Crippen molar-refractivity contribution in [1.82, 2.24) is 9.97 Å². The topological polar surface area (TPSA) is 143 Å². The maximum atomic E-state index is 9.55. The molecule has 0 unspecified atom stereocenters. The first-order valence-electron chi connectivity index (χ1n) is 6.55. The van der Waals surface area contributed by atoms with Crippen molar-refractivity contribution in [3.63, 3.8) is 0 Å². The zero-order chi connectivity index (χ0) is 16.5. The molecule has 116 valence electrons. The fourth-order valence-corrected chi connectivity index (χ4v) is 1.39. The number of amidine groups is 2. The van der Waals surface area contributed by atoms with Crippen molar-refractivity contribution in [2.75, 3.05) is 0 Å². The first kappa shape index (κ1) is 16.9. The Balaban J connectivity index is 0.00000116. The summed E-state index contributed by atoms with van der Waals surface area (Å²) in [6.45, 7) is 4.00. The van der Waals surface area contributed by atoms with Gasteiger partial charge in [-0.25, -0.2) is 9.97 Å².